The van der Waals surface area contributed by atoms with E-state index >= 15 is 0 Å². The normalized spacial score (nSPS) is 23.4. The third kappa shape index (κ3) is 3.28. The molecule has 1 saturated heterocycles. The van der Waals surface area contributed by atoms with E-state index in [1.54, 1.807) is 24.5 Å². The molecule has 0 spiro atoms. The van der Waals surface area contributed by atoms with Crippen LogP contribution in [0.1, 0.15) is 5.56 Å². The van der Waals surface area contributed by atoms with E-state index in [2.05, 4.69) is 4.98 Å². The molecule has 0 unspecified atom stereocenters. The van der Waals surface area contributed by atoms with Crippen LogP contribution in [-0.4, -0.2) is 61.0 Å². The molecule has 4 heterocycles. The molecule has 2 atom stereocenters. The van der Waals surface area contributed by atoms with Gasteiger partial charge in [-0.1, -0.05) is 18.2 Å². The maximum absolute atomic E-state index is 12.7. The van der Waals surface area contributed by atoms with Gasteiger partial charge in [0.25, 0.3) is 0 Å². The summed E-state index contributed by atoms with van der Waals surface area (Å²) >= 11 is 0. The van der Waals surface area contributed by atoms with E-state index < -0.39 is 15.9 Å². The number of nitrogens with two attached hydrogens (primary N) is 1. The van der Waals surface area contributed by atoms with Gasteiger partial charge in [-0.15, -0.1) is 0 Å². The highest BCUT2D eigenvalue weighted by atomic mass is 32.2. The van der Waals surface area contributed by atoms with Crippen molar-refractivity contribution in [2.45, 2.75) is 23.6 Å². The number of hydrogen-bond acceptors (Lipinski definition) is 8. The first kappa shape index (κ1) is 19.2. The highest BCUT2D eigenvalue weighted by Crippen LogP contribution is 2.33. The summed E-state index contributed by atoms with van der Waals surface area (Å²) in [6.45, 7) is 1.78. The zero-order chi connectivity index (χ0) is 20.9. The van der Waals surface area contributed by atoms with Crippen molar-refractivity contribution >= 4 is 32.2 Å². The molecule has 0 aliphatic carbocycles. The number of aliphatic hydroxyl groups is 1. The Morgan fingerprint density at radius 2 is 1.97 bits per heavy atom. The fourth-order valence-electron chi connectivity index (χ4n) is 4.23. The van der Waals surface area contributed by atoms with Crippen molar-refractivity contribution < 1.29 is 13.5 Å². The predicted octanol–water partition coefficient (Wildman–Crippen LogP) is 0.932. The second-order valence-electron chi connectivity index (χ2n) is 7.88. The summed E-state index contributed by atoms with van der Waals surface area (Å²) in [6.07, 6.45) is 2.86. The van der Waals surface area contributed by atoms with E-state index in [4.69, 9.17) is 10.7 Å². The zero-order valence-corrected chi connectivity index (χ0v) is 17.2. The molecule has 0 saturated carbocycles. The average Bonchev–Trinajstić information content (AvgIpc) is 3.01. The first-order valence-corrected chi connectivity index (χ1v) is 11.6. The van der Waals surface area contributed by atoms with E-state index in [9.17, 15) is 13.5 Å². The van der Waals surface area contributed by atoms with Gasteiger partial charge in [-0.05, 0) is 17.7 Å². The lowest BCUT2D eigenvalue weighted by Gasteiger charge is -2.26. The van der Waals surface area contributed by atoms with Crippen LogP contribution in [-0.2, 0) is 16.4 Å². The highest BCUT2D eigenvalue weighted by molar-refractivity contribution is 7.91. The monoisotopic (exact) mass is 425 g/mol. The molecule has 2 aliphatic heterocycles. The van der Waals surface area contributed by atoms with Crippen molar-refractivity contribution in [2.24, 2.45) is 5.73 Å². The standard InChI is InChI=1S/C21H23N5O3S/c22-16-12-26(13-19(16)27)18-9-21(24-17-5-6-23-10-15(17)18)25-7-8-30(28,29)20-4-2-1-3-14(20)11-25/h1-6,9-10,16,19,27H,7-8,11-13,22H2/t16-,19-/m1/s1. The van der Waals surface area contributed by atoms with Crippen LogP contribution in [0.4, 0.5) is 11.5 Å². The Labute approximate surface area is 174 Å². The smallest absolute Gasteiger partial charge is 0.180 e. The van der Waals surface area contributed by atoms with Crippen LogP contribution in [0.15, 0.2) is 53.7 Å². The minimum absolute atomic E-state index is 0.0305. The topological polar surface area (TPSA) is 113 Å². The average molecular weight is 426 g/mol. The first-order valence-electron chi connectivity index (χ1n) is 9.91. The Morgan fingerprint density at radius 1 is 1.13 bits per heavy atom. The van der Waals surface area contributed by atoms with E-state index in [1.807, 2.05) is 34.1 Å². The van der Waals surface area contributed by atoms with Crippen LogP contribution in [0.2, 0.25) is 0 Å². The molecule has 9 heteroatoms. The Kier molecular flexibility index (Phi) is 4.61. The number of nitrogens with zero attached hydrogens (tertiary/aromatic N) is 4. The molecular weight excluding hydrogens is 402 g/mol. The molecule has 156 valence electrons. The van der Waals surface area contributed by atoms with Crippen molar-refractivity contribution in [1.29, 1.82) is 0 Å². The van der Waals surface area contributed by atoms with Gasteiger partial charge in [-0.3, -0.25) is 4.98 Å². The summed E-state index contributed by atoms with van der Waals surface area (Å²) in [5, 5.41) is 11.0. The number of benzene rings is 1. The van der Waals surface area contributed by atoms with Gasteiger partial charge in [0.2, 0.25) is 0 Å². The molecule has 3 N–H and O–H groups in total. The Balaban J connectivity index is 1.60. The lowest BCUT2D eigenvalue weighted by Crippen LogP contribution is -2.32. The summed E-state index contributed by atoms with van der Waals surface area (Å²) in [6, 6.07) is 10.6. The minimum Gasteiger partial charge on any atom is -0.390 e. The van der Waals surface area contributed by atoms with Crippen molar-refractivity contribution in [2.75, 3.05) is 35.2 Å². The second kappa shape index (κ2) is 7.19. The number of sulfone groups is 1. The summed E-state index contributed by atoms with van der Waals surface area (Å²) in [5.41, 5.74) is 8.47. The molecule has 8 nitrogen and oxygen atoms in total. The van der Waals surface area contributed by atoms with Crippen LogP contribution in [0.25, 0.3) is 10.9 Å². The molecule has 0 radical (unpaired) electrons. The van der Waals surface area contributed by atoms with E-state index in [1.165, 1.54) is 0 Å². The van der Waals surface area contributed by atoms with Crippen molar-refractivity contribution in [3.63, 3.8) is 0 Å². The Bertz CT molecular complexity index is 1210. The summed E-state index contributed by atoms with van der Waals surface area (Å²) in [7, 11) is -3.34. The van der Waals surface area contributed by atoms with E-state index in [0.29, 0.717) is 36.9 Å². The van der Waals surface area contributed by atoms with Gasteiger partial charge in [-0.25, -0.2) is 13.4 Å². The molecule has 5 rings (SSSR count). The maximum atomic E-state index is 12.7. The summed E-state index contributed by atoms with van der Waals surface area (Å²) < 4.78 is 25.5. The second-order valence-corrected chi connectivity index (χ2v) is 9.95. The van der Waals surface area contributed by atoms with E-state index in [-0.39, 0.29) is 11.8 Å². The maximum Gasteiger partial charge on any atom is 0.180 e. The van der Waals surface area contributed by atoms with Gasteiger partial charge in [0.15, 0.2) is 9.84 Å². The van der Waals surface area contributed by atoms with Gasteiger partial charge in [0, 0.05) is 56.1 Å². The number of β-amino-alcohol motifs (C(OH)–C–C–N with tert-alkyl or cyclic N) is 1. The number of pyridine rings is 2. The molecular formula is C21H23N5O3S. The van der Waals surface area contributed by atoms with Crippen LogP contribution < -0.4 is 15.5 Å². The quantitative estimate of drug-likeness (QED) is 0.624. The van der Waals surface area contributed by atoms with Gasteiger partial charge in [0.05, 0.1) is 28.0 Å². The number of hydrogen-bond donors (Lipinski definition) is 2. The van der Waals surface area contributed by atoms with Crippen molar-refractivity contribution in [3.05, 3.63) is 54.4 Å². The van der Waals surface area contributed by atoms with Crippen LogP contribution >= 0.6 is 0 Å². The number of rotatable bonds is 2. The fourth-order valence-corrected chi connectivity index (χ4v) is 5.73. The predicted molar refractivity (Wildman–Crippen MR) is 115 cm³/mol. The van der Waals surface area contributed by atoms with Crippen LogP contribution in [0, 0.1) is 0 Å². The van der Waals surface area contributed by atoms with Gasteiger partial charge in [-0.2, -0.15) is 0 Å². The lowest BCUT2D eigenvalue weighted by molar-refractivity contribution is 0.180. The Hall–Kier alpha value is -2.75. The van der Waals surface area contributed by atoms with Gasteiger partial charge >= 0.3 is 0 Å². The SMILES string of the molecule is N[C@@H]1CN(c2cc(N3CCS(=O)(=O)c4ccccc4C3)nc3ccncc23)C[C@H]1O. The lowest BCUT2D eigenvalue weighted by atomic mass is 10.2. The Morgan fingerprint density at radius 3 is 2.77 bits per heavy atom. The molecule has 30 heavy (non-hydrogen) atoms. The highest BCUT2D eigenvalue weighted by Gasteiger charge is 2.31. The van der Waals surface area contributed by atoms with E-state index in [0.717, 1.165) is 22.2 Å². The third-order valence-corrected chi connectivity index (χ3v) is 7.66. The fraction of sp³-hybridized carbons (Fsp3) is 0.333. The molecule has 3 aromatic rings. The van der Waals surface area contributed by atoms with Crippen molar-refractivity contribution in [1.82, 2.24) is 9.97 Å². The number of anilines is 2. The molecule has 2 aromatic heterocycles. The van der Waals surface area contributed by atoms with Crippen LogP contribution in [0.5, 0.6) is 0 Å². The first-order chi connectivity index (χ1) is 14.4. The third-order valence-electron chi connectivity index (χ3n) is 5.87. The minimum atomic E-state index is -3.34. The molecule has 0 bridgehead atoms. The van der Waals surface area contributed by atoms with Gasteiger partial charge in [0.1, 0.15) is 5.82 Å². The molecule has 1 fully saturated rings. The molecule has 0 amide bonds. The zero-order valence-electron chi connectivity index (χ0n) is 16.3. The van der Waals surface area contributed by atoms with Gasteiger partial charge < -0.3 is 20.6 Å². The number of aromatic nitrogens is 2. The van der Waals surface area contributed by atoms with Crippen LogP contribution in [0.3, 0.4) is 0 Å². The summed E-state index contributed by atoms with van der Waals surface area (Å²) in [4.78, 5) is 13.5. The summed E-state index contributed by atoms with van der Waals surface area (Å²) in [5.74, 6) is 0.730. The molecule has 2 aliphatic rings. The number of fused-ring (bicyclic) bond motifs is 2. The number of aliphatic hydroxyl groups excluding tert-OH is 1. The van der Waals surface area contributed by atoms with Crippen molar-refractivity contribution in [3.8, 4) is 0 Å². The largest absolute Gasteiger partial charge is 0.390 e. The molecule has 1 aromatic carbocycles.